The molecule has 0 amide bonds. The van der Waals surface area contributed by atoms with Crippen LogP contribution in [0, 0.1) is 11.3 Å². The summed E-state index contributed by atoms with van der Waals surface area (Å²) in [5.41, 5.74) is 6.77. The summed E-state index contributed by atoms with van der Waals surface area (Å²) >= 11 is 1.27. The van der Waals surface area contributed by atoms with Crippen LogP contribution in [0.3, 0.4) is 0 Å². The van der Waals surface area contributed by atoms with Gasteiger partial charge in [0, 0.05) is 0 Å². The van der Waals surface area contributed by atoms with Crippen LogP contribution in [-0.4, -0.2) is 4.98 Å². The molecule has 1 unspecified atom stereocenters. The van der Waals surface area contributed by atoms with Gasteiger partial charge in [-0.25, -0.2) is 4.98 Å². The molecule has 0 aliphatic carbocycles. The number of rotatable bonds is 3. The molecule has 1 heterocycles. The minimum Gasteiger partial charge on any atom is -0.382 e. The molecule has 86 valence electrons. The van der Waals surface area contributed by atoms with Crippen molar-refractivity contribution in [3.8, 4) is 6.07 Å². The summed E-state index contributed by atoms with van der Waals surface area (Å²) in [5.74, 6) is 0.292. The summed E-state index contributed by atoms with van der Waals surface area (Å²) in [6.07, 6.45) is 0. The number of hydrogen-bond donors (Lipinski definition) is 2. The van der Waals surface area contributed by atoms with E-state index < -0.39 is 0 Å². The van der Waals surface area contributed by atoms with Crippen LogP contribution in [0.4, 0.5) is 10.9 Å². The summed E-state index contributed by atoms with van der Waals surface area (Å²) in [4.78, 5) is 4.56. The molecular formula is C12H12N4S. The lowest BCUT2D eigenvalue weighted by atomic mass is 10.1. The molecule has 2 aromatic rings. The van der Waals surface area contributed by atoms with Crippen molar-refractivity contribution in [2.24, 2.45) is 0 Å². The minimum atomic E-state index is 0.133. The van der Waals surface area contributed by atoms with E-state index in [0.29, 0.717) is 15.8 Å². The second kappa shape index (κ2) is 4.85. The fourth-order valence-corrected chi connectivity index (χ4v) is 2.25. The van der Waals surface area contributed by atoms with Crippen LogP contribution >= 0.6 is 11.3 Å². The number of thiazole rings is 1. The first-order chi connectivity index (χ1) is 8.20. The standard InChI is InChI=1S/C12H12N4S/c1-8(9-5-3-2-4-6-9)15-12-16-11(14)10(7-13)17-12/h2-6,8H,14H2,1H3,(H,15,16). The van der Waals surface area contributed by atoms with E-state index in [9.17, 15) is 0 Å². The van der Waals surface area contributed by atoms with Gasteiger partial charge in [-0.3, -0.25) is 0 Å². The third-order valence-corrected chi connectivity index (χ3v) is 3.30. The van der Waals surface area contributed by atoms with Crippen molar-refractivity contribution < 1.29 is 0 Å². The average Bonchev–Trinajstić information content (AvgIpc) is 2.70. The van der Waals surface area contributed by atoms with E-state index in [-0.39, 0.29) is 6.04 Å². The summed E-state index contributed by atoms with van der Waals surface area (Å²) in [6, 6.07) is 12.2. The molecule has 0 aliphatic rings. The van der Waals surface area contributed by atoms with E-state index in [4.69, 9.17) is 11.0 Å². The maximum Gasteiger partial charge on any atom is 0.186 e. The van der Waals surface area contributed by atoms with Gasteiger partial charge in [-0.1, -0.05) is 41.7 Å². The van der Waals surface area contributed by atoms with Crippen molar-refractivity contribution >= 4 is 22.3 Å². The number of nitrogen functional groups attached to an aromatic ring is 1. The monoisotopic (exact) mass is 244 g/mol. The van der Waals surface area contributed by atoms with E-state index in [0.717, 1.165) is 0 Å². The second-order valence-electron chi connectivity index (χ2n) is 3.62. The average molecular weight is 244 g/mol. The lowest BCUT2D eigenvalue weighted by molar-refractivity contribution is 0.882. The van der Waals surface area contributed by atoms with Gasteiger partial charge in [-0.05, 0) is 12.5 Å². The van der Waals surface area contributed by atoms with Gasteiger partial charge in [0.25, 0.3) is 0 Å². The first-order valence-corrected chi connectivity index (χ1v) is 6.00. The highest BCUT2D eigenvalue weighted by Gasteiger charge is 2.10. The quantitative estimate of drug-likeness (QED) is 0.870. The van der Waals surface area contributed by atoms with Gasteiger partial charge >= 0.3 is 0 Å². The van der Waals surface area contributed by atoms with Gasteiger partial charge in [0.15, 0.2) is 10.9 Å². The highest BCUT2D eigenvalue weighted by atomic mass is 32.1. The molecule has 4 nitrogen and oxygen atoms in total. The molecule has 0 spiro atoms. The molecule has 0 aliphatic heterocycles. The topological polar surface area (TPSA) is 74.7 Å². The zero-order valence-electron chi connectivity index (χ0n) is 9.34. The van der Waals surface area contributed by atoms with E-state index in [2.05, 4.69) is 10.3 Å². The Morgan fingerprint density at radius 3 is 2.71 bits per heavy atom. The molecule has 1 atom stereocenters. The lowest BCUT2D eigenvalue weighted by Crippen LogP contribution is -2.06. The fraction of sp³-hybridized carbons (Fsp3) is 0.167. The zero-order chi connectivity index (χ0) is 12.3. The number of hydrogen-bond acceptors (Lipinski definition) is 5. The summed E-state index contributed by atoms with van der Waals surface area (Å²) in [7, 11) is 0. The van der Waals surface area contributed by atoms with Crippen molar-refractivity contribution in [2.45, 2.75) is 13.0 Å². The van der Waals surface area contributed by atoms with E-state index in [1.807, 2.05) is 43.3 Å². The van der Waals surface area contributed by atoms with Crippen LogP contribution in [0.25, 0.3) is 0 Å². The number of aromatic nitrogens is 1. The van der Waals surface area contributed by atoms with Gasteiger partial charge in [-0.15, -0.1) is 0 Å². The largest absolute Gasteiger partial charge is 0.382 e. The van der Waals surface area contributed by atoms with Crippen molar-refractivity contribution in [2.75, 3.05) is 11.1 Å². The number of nitrogens with two attached hydrogens (primary N) is 1. The first kappa shape index (κ1) is 11.4. The molecule has 1 aromatic carbocycles. The zero-order valence-corrected chi connectivity index (χ0v) is 10.2. The van der Waals surface area contributed by atoms with Crippen LogP contribution in [0.1, 0.15) is 23.4 Å². The van der Waals surface area contributed by atoms with Crippen LogP contribution in [-0.2, 0) is 0 Å². The molecule has 5 heteroatoms. The summed E-state index contributed by atoms with van der Waals surface area (Å²) < 4.78 is 0. The van der Waals surface area contributed by atoms with Gasteiger partial charge in [0.05, 0.1) is 6.04 Å². The Labute approximate surface area is 104 Å². The minimum absolute atomic E-state index is 0.133. The highest BCUT2D eigenvalue weighted by molar-refractivity contribution is 7.16. The smallest absolute Gasteiger partial charge is 0.186 e. The molecule has 17 heavy (non-hydrogen) atoms. The van der Waals surface area contributed by atoms with Crippen molar-refractivity contribution in [3.63, 3.8) is 0 Å². The van der Waals surface area contributed by atoms with Crippen molar-refractivity contribution in [3.05, 3.63) is 40.8 Å². The maximum atomic E-state index is 8.80. The molecule has 0 saturated carbocycles. The second-order valence-corrected chi connectivity index (χ2v) is 4.62. The Bertz CT molecular complexity index is 541. The van der Waals surface area contributed by atoms with Crippen LogP contribution < -0.4 is 11.1 Å². The molecule has 0 saturated heterocycles. The van der Waals surface area contributed by atoms with Crippen molar-refractivity contribution in [1.82, 2.24) is 4.98 Å². The number of nitrogens with zero attached hydrogens (tertiary/aromatic N) is 2. The normalized spacial score (nSPS) is 11.8. The summed E-state index contributed by atoms with van der Waals surface area (Å²) in [5, 5.41) is 12.7. The number of nitriles is 1. The molecular weight excluding hydrogens is 232 g/mol. The number of anilines is 2. The Kier molecular flexibility index (Phi) is 3.26. The summed E-state index contributed by atoms with van der Waals surface area (Å²) in [6.45, 7) is 2.04. The van der Waals surface area contributed by atoms with Crippen LogP contribution in [0.2, 0.25) is 0 Å². The van der Waals surface area contributed by atoms with Gasteiger partial charge in [-0.2, -0.15) is 5.26 Å². The highest BCUT2D eigenvalue weighted by Crippen LogP contribution is 2.27. The predicted molar refractivity (Wildman–Crippen MR) is 69.7 cm³/mol. The third kappa shape index (κ3) is 2.55. The van der Waals surface area contributed by atoms with Crippen LogP contribution in [0.15, 0.2) is 30.3 Å². The molecule has 2 rings (SSSR count). The molecule has 0 fully saturated rings. The van der Waals surface area contributed by atoms with Crippen LogP contribution in [0.5, 0.6) is 0 Å². The number of benzene rings is 1. The predicted octanol–water partition coefficient (Wildman–Crippen LogP) is 2.77. The maximum absolute atomic E-state index is 8.80. The van der Waals surface area contributed by atoms with E-state index >= 15 is 0 Å². The molecule has 1 aromatic heterocycles. The van der Waals surface area contributed by atoms with E-state index in [1.165, 1.54) is 16.9 Å². The molecule has 0 bridgehead atoms. The number of nitrogens with one attached hydrogen (secondary N) is 1. The molecule has 0 radical (unpaired) electrons. The third-order valence-electron chi connectivity index (χ3n) is 2.39. The first-order valence-electron chi connectivity index (χ1n) is 5.18. The van der Waals surface area contributed by atoms with Crippen molar-refractivity contribution in [1.29, 1.82) is 5.26 Å². The van der Waals surface area contributed by atoms with Gasteiger partial charge < -0.3 is 11.1 Å². The fourth-order valence-electron chi connectivity index (χ4n) is 1.48. The van der Waals surface area contributed by atoms with Gasteiger partial charge in [0.1, 0.15) is 10.9 Å². The SMILES string of the molecule is CC(Nc1nc(N)c(C#N)s1)c1ccccc1. The van der Waals surface area contributed by atoms with Gasteiger partial charge in [0.2, 0.25) is 0 Å². The van der Waals surface area contributed by atoms with E-state index in [1.54, 1.807) is 0 Å². The Balaban J connectivity index is 2.14. The molecule has 3 N–H and O–H groups in total. The Morgan fingerprint density at radius 2 is 2.12 bits per heavy atom. The Morgan fingerprint density at radius 1 is 1.41 bits per heavy atom. The lowest BCUT2D eigenvalue weighted by Gasteiger charge is -2.12. The Hall–Kier alpha value is -2.06.